The van der Waals surface area contributed by atoms with Crippen LogP contribution in [-0.2, 0) is 11.3 Å². The van der Waals surface area contributed by atoms with Crippen molar-refractivity contribution < 1.29 is 18.7 Å². The fourth-order valence-corrected chi connectivity index (χ4v) is 4.17. The van der Waals surface area contributed by atoms with E-state index in [0.717, 1.165) is 18.2 Å². The molecule has 9 heteroatoms. The molecule has 0 radical (unpaired) electrons. The summed E-state index contributed by atoms with van der Waals surface area (Å²) in [7, 11) is 1.55. The van der Waals surface area contributed by atoms with Crippen molar-refractivity contribution in [2.45, 2.75) is 32.0 Å². The van der Waals surface area contributed by atoms with Crippen LogP contribution < -0.4 is 10.9 Å². The quantitative estimate of drug-likeness (QED) is 0.192. The van der Waals surface area contributed by atoms with Gasteiger partial charge in [-0.25, -0.2) is 9.37 Å². The molecule has 3 aromatic rings. The Hall–Kier alpha value is -3.04. The van der Waals surface area contributed by atoms with Crippen LogP contribution in [0, 0.1) is 11.7 Å². The zero-order valence-electron chi connectivity index (χ0n) is 19.5. The fourth-order valence-electron chi connectivity index (χ4n) is 3.25. The minimum Gasteiger partial charge on any atom is -0.383 e. The van der Waals surface area contributed by atoms with Crippen molar-refractivity contribution in [3.8, 4) is 0 Å². The highest BCUT2D eigenvalue weighted by molar-refractivity contribution is 7.99. The maximum atomic E-state index is 13.3. The van der Waals surface area contributed by atoms with Crippen molar-refractivity contribution in [1.29, 1.82) is 0 Å². The highest BCUT2D eigenvalue weighted by Gasteiger charge is 2.16. The number of nitrogens with zero attached hydrogens (tertiary/aromatic N) is 2. The third kappa shape index (κ3) is 6.51. The predicted molar refractivity (Wildman–Crippen MR) is 131 cm³/mol. The number of nitrogens with one attached hydrogen (secondary N) is 1. The van der Waals surface area contributed by atoms with Crippen molar-refractivity contribution in [1.82, 2.24) is 14.9 Å². The van der Waals surface area contributed by atoms with Gasteiger partial charge in [0.25, 0.3) is 11.5 Å². The lowest BCUT2D eigenvalue weighted by Gasteiger charge is -2.14. The molecule has 180 valence electrons. The Labute approximate surface area is 201 Å². The normalized spacial score (nSPS) is 11.2. The molecule has 2 aromatic carbocycles. The Balaban J connectivity index is 1.92. The lowest BCUT2D eigenvalue weighted by Crippen LogP contribution is -2.27. The number of methoxy groups -OCH3 is 1. The van der Waals surface area contributed by atoms with Crippen LogP contribution in [0.3, 0.4) is 0 Å². The summed E-state index contributed by atoms with van der Waals surface area (Å²) in [5.74, 6) is -0.474. The van der Waals surface area contributed by atoms with Gasteiger partial charge in [0.2, 0.25) is 0 Å². The van der Waals surface area contributed by atoms with E-state index < -0.39 is 5.82 Å². The van der Waals surface area contributed by atoms with Gasteiger partial charge in [-0.3, -0.25) is 19.0 Å². The van der Waals surface area contributed by atoms with Gasteiger partial charge in [0.05, 0.1) is 23.3 Å². The van der Waals surface area contributed by atoms with E-state index in [1.165, 1.54) is 24.3 Å². The molecule has 3 rings (SSSR count). The second kappa shape index (κ2) is 11.9. The first kappa shape index (κ1) is 25.6. The summed E-state index contributed by atoms with van der Waals surface area (Å²) < 4.78 is 19.7. The highest BCUT2D eigenvalue weighted by atomic mass is 32.2. The number of amides is 1. The van der Waals surface area contributed by atoms with E-state index in [1.54, 1.807) is 29.9 Å². The first-order chi connectivity index (χ1) is 16.3. The summed E-state index contributed by atoms with van der Waals surface area (Å²) >= 11 is 1.16. The van der Waals surface area contributed by atoms with E-state index in [-0.39, 0.29) is 23.0 Å². The van der Waals surface area contributed by atoms with Crippen molar-refractivity contribution >= 4 is 34.4 Å². The van der Waals surface area contributed by atoms with Crippen LogP contribution in [0.15, 0.2) is 52.4 Å². The first-order valence-electron chi connectivity index (χ1n) is 11.0. The van der Waals surface area contributed by atoms with Gasteiger partial charge in [0, 0.05) is 31.3 Å². The minimum atomic E-state index is -0.412. The topological polar surface area (TPSA) is 90.3 Å². The number of fused-ring (bicyclic) bond motifs is 1. The average molecular weight is 486 g/mol. The van der Waals surface area contributed by atoms with Gasteiger partial charge in [0.15, 0.2) is 10.9 Å². The Morgan fingerprint density at radius 3 is 2.53 bits per heavy atom. The Bertz CT molecular complexity index is 1230. The Kier molecular flexibility index (Phi) is 8.95. The molecule has 0 spiro atoms. The molecule has 0 bridgehead atoms. The summed E-state index contributed by atoms with van der Waals surface area (Å²) in [6, 6.07) is 10.1. The molecule has 0 saturated heterocycles. The molecule has 0 aliphatic rings. The van der Waals surface area contributed by atoms with Gasteiger partial charge in [-0.15, -0.1) is 0 Å². The number of ketones is 1. The molecule has 0 aliphatic carbocycles. The number of benzene rings is 2. The number of Topliss-reactive ketones (excluding diaryl/α,β-unsaturated/α-hetero) is 1. The van der Waals surface area contributed by atoms with Crippen LogP contribution in [0.4, 0.5) is 4.39 Å². The van der Waals surface area contributed by atoms with Crippen molar-refractivity contribution in [2.24, 2.45) is 5.92 Å². The molecule has 1 heterocycles. The van der Waals surface area contributed by atoms with E-state index in [2.05, 4.69) is 24.1 Å². The minimum absolute atomic E-state index is 0.0441. The average Bonchev–Trinajstić information content (AvgIpc) is 2.82. The third-order valence-corrected chi connectivity index (χ3v) is 6.18. The van der Waals surface area contributed by atoms with Crippen LogP contribution in [0.25, 0.3) is 10.9 Å². The number of carbonyl (C=O) groups is 2. The maximum Gasteiger partial charge on any atom is 0.262 e. The van der Waals surface area contributed by atoms with Gasteiger partial charge >= 0.3 is 0 Å². The molecule has 1 aromatic heterocycles. The van der Waals surface area contributed by atoms with Crippen molar-refractivity contribution in [3.05, 3.63) is 69.8 Å². The monoisotopic (exact) mass is 485 g/mol. The van der Waals surface area contributed by atoms with Crippen LogP contribution in [0.2, 0.25) is 0 Å². The fraction of sp³-hybridized carbons (Fsp3) is 0.360. The zero-order valence-corrected chi connectivity index (χ0v) is 20.3. The van der Waals surface area contributed by atoms with E-state index >= 15 is 0 Å². The first-order valence-corrected chi connectivity index (χ1v) is 12.0. The zero-order chi connectivity index (χ0) is 24.7. The largest absolute Gasteiger partial charge is 0.383 e. The molecule has 0 unspecified atom stereocenters. The van der Waals surface area contributed by atoms with Crippen LogP contribution in [0.5, 0.6) is 0 Å². The molecule has 7 nitrogen and oxygen atoms in total. The molecular weight excluding hydrogens is 457 g/mol. The van der Waals surface area contributed by atoms with E-state index in [0.29, 0.717) is 52.8 Å². The van der Waals surface area contributed by atoms with Gasteiger partial charge in [-0.2, -0.15) is 0 Å². The van der Waals surface area contributed by atoms with E-state index in [9.17, 15) is 18.8 Å². The number of thioether (sulfide) groups is 1. The summed E-state index contributed by atoms with van der Waals surface area (Å²) in [4.78, 5) is 42.9. The molecule has 1 N–H and O–H groups in total. The number of aromatic nitrogens is 2. The molecule has 0 fully saturated rings. The van der Waals surface area contributed by atoms with Gasteiger partial charge in [-0.1, -0.05) is 25.6 Å². The molecule has 0 atom stereocenters. The second-order valence-electron chi connectivity index (χ2n) is 8.23. The molecule has 1 amide bonds. The second-order valence-corrected chi connectivity index (χ2v) is 9.18. The van der Waals surface area contributed by atoms with Crippen molar-refractivity contribution in [2.75, 3.05) is 26.0 Å². The van der Waals surface area contributed by atoms with E-state index in [4.69, 9.17) is 4.74 Å². The van der Waals surface area contributed by atoms with E-state index in [1.807, 2.05) is 0 Å². The summed E-state index contributed by atoms with van der Waals surface area (Å²) in [5.41, 5.74) is 0.949. The lowest BCUT2D eigenvalue weighted by atomic mass is 10.1. The Morgan fingerprint density at radius 1 is 1.15 bits per heavy atom. The summed E-state index contributed by atoms with van der Waals surface area (Å²) in [6.07, 6.45) is 0.770. The Morgan fingerprint density at radius 2 is 1.85 bits per heavy atom. The van der Waals surface area contributed by atoms with Crippen molar-refractivity contribution in [3.63, 3.8) is 0 Å². The summed E-state index contributed by atoms with van der Waals surface area (Å²) in [5, 5.41) is 3.57. The van der Waals surface area contributed by atoms with Crippen LogP contribution in [0.1, 0.15) is 41.0 Å². The molecule has 0 aliphatic heterocycles. The third-order valence-electron chi connectivity index (χ3n) is 5.20. The SMILES string of the molecule is COCCNC(=O)c1ccc2c(=O)n(CCC(C)C)c(SCC(=O)c3ccc(F)cc3)nc2c1. The van der Waals surface area contributed by atoms with Crippen LogP contribution in [-0.4, -0.2) is 47.3 Å². The number of carbonyl (C=O) groups excluding carboxylic acids is 2. The molecular formula is C25H28FN3O4S. The maximum absolute atomic E-state index is 13.3. The summed E-state index contributed by atoms with van der Waals surface area (Å²) in [6.45, 7) is 5.36. The van der Waals surface area contributed by atoms with Crippen LogP contribution >= 0.6 is 11.8 Å². The number of halogens is 1. The number of rotatable bonds is 11. The highest BCUT2D eigenvalue weighted by Crippen LogP contribution is 2.21. The number of hydrogen-bond acceptors (Lipinski definition) is 6. The standard InChI is InChI=1S/C25H28FN3O4S/c1-16(2)10-12-29-24(32)20-9-6-18(23(31)27-11-13-33-3)14-21(20)28-25(29)34-15-22(30)17-4-7-19(26)8-5-17/h4-9,14,16H,10-13,15H2,1-3H3,(H,27,31). The number of ether oxygens (including phenoxy) is 1. The predicted octanol–water partition coefficient (Wildman–Crippen LogP) is 3.93. The smallest absolute Gasteiger partial charge is 0.262 e. The van der Waals surface area contributed by atoms with Gasteiger partial charge in [-0.05, 0) is 54.8 Å². The number of hydrogen-bond donors (Lipinski definition) is 1. The van der Waals surface area contributed by atoms with Gasteiger partial charge < -0.3 is 10.1 Å². The van der Waals surface area contributed by atoms with Gasteiger partial charge in [0.1, 0.15) is 5.82 Å². The molecule has 0 saturated carbocycles. The lowest BCUT2D eigenvalue weighted by molar-refractivity contribution is 0.0936. The molecule has 34 heavy (non-hydrogen) atoms.